The number of methoxy groups -OCH3 is 1. The van der Waals surface area contributed by atoms with Crippen molar-refractivity contribution in [3.05, 3.63) is 47.7 Å². The molecule has 0 spiro atoms. The summed E-state index contributed by atoms with van der Waals surface area (Å²) >= 11 is 0. The molecule has 0 aromatic carbocycles. The molecule has 1 heterocycles. The molecule has 0 amide bonds. The first-order valence-electron chi connectivity index (χ1n) is 4.66. The molecule has 1 aromatic heterocycles. The molecule has 0 bridgehead atoms. The lowest BCUT2D eigenvalue weighted by atomic mass is 10.2. The number of aryl methyl sites for hydroxylation is 1. The van der Waals surface area contributed by atoms with Gasteiger partial charge in [-0.05, 0) is 18.7 Å². The van der Waals surface area contributed by atoms with Crippen LogP contribution in [0.3, 0.4) is 0 Å². The topological polar surface area (TPSA) is 60.0 Å². The Balaban J connectivity index is 2.89. The van der Waals surface area contributed by atoms with E-state index in [-0.39, 0.29) is 5.57 Å². The van der Waals surface area contributed by atoms with Gasteiger partial charge in [-0.15, -0.1) is 0 Å². The summed E-state index contributed by atoms with van der Waals surface area (Å²) in [6.07, 6.45) is 6.89. The Morgan fingerprint density at radius 2 is 2.12 bits per heavy atom. The number of nitrogens with zero attached hydrogens (tertiary/aromatic N) is 2. The van der Waals surface area contributed by atoms with Crippen molar-refractivity contribution in [3.8, 4) is 6.07 Å². The predicted octanol–water partition coefficient (Wildman–Crippen LogP) is 0.266. The first-order valence-corrected chi connectivity index (χ1v) is 4.66. The zero-order valence-electron chi connectivity index (χ0n) is 9.18. The highest BCUT2D eigenvalue weighted by molar-refractivity contribution is 5.54. The fourth-order valence-corrected chi connectivity index (χ4v) is 1.06. The monoisotopic (exact) mass is 216 g/mol. The average molecular weight is 216 g/mol. The van der Waals surface area contributed by atoms with Gasteiger partial charge in [0.15, 0.2) is 12.4 Å². The van der Waals surface area contributed by atoms with Crippen LogP contribution in [-0.2, 0) is 11.8 Å². The maximum atomic E-state index is 11.1. The minimum absolute atomic E-state index is 0.0178. The van der Waals surface area contributed by atoms with Crippen molar-refractivity contribution in [2.75, 3.05) is 7.11 Å². The van der Waals surface area contributed by atoms with Crippen LogP contribution in [0, 0.1) is 11.3 Å². The number of hydrogen-bond acceptors (Lipinski definition) is 3. The van der Waals surface area contributed by atoms with Crippen LogP contribution in [0.4, 0.5) is 0 Å². The molecule has 0 radical (unpaired) electrons. The summed E-state index contributed by atoms with van der Waals surface area (Å²) < 4.78 is 6.35. The molecule has 0 unspecified atom stereocenters. The molecule has 16 heavy (non-hydrogen) atoms. The van der Waals surface area contributed by atoms with Gasteiger partial charge in [0.2, 0.25) is 0 Å². The lowest BCUT2D eigenvalue weighted by molar-refractivity contribution is -0.671. The highest BCUT2D eigenvalue weighted by Gasteiger charge is 1.94. The second kappa shape index (κ2) is 5.56. The molecule has 1 aromatic rings. The smallest absolute Gasteiger partial charge is 0.169 e. The van der Waals surface area contributed by atoms with Gasteiger partial charge in [-0.3, -0.25) is 0 Å². The van der Waals surface area contributed by atoms with Gasteiger partial charge in [-0.25, -0.2) is 4.57 Å². The van der Waals surface area contributed by atoms with E-state index in [1.54, 1.807) is 12.1 Å². The number of allylic oxidation sites excluding steroid dienone is 2. The molecular formula is C12H12N2O2. The second-order valence-corrected chi connectivity index (χ2v) is 3.15. The van der Waals surface area contributed by atoms with E-state index in [2.05, 4.69) is 4.74 Å². The van der Waals surface area contributed by atoms with Crippen LogP contribution in [-0.4, -0.2) is 7.11 Å². The summed E-state index contributed by atoms with van der Waals surface area (Å²) in [5.41, 5.74) is 0.894. The van der Waals surface area contributed by atoms with E-state index in [0.29, 0.717) is 0 Å². The number of aromatic nitrogens is 1. The van der Waals surface area contributed by atoms with Crippen LogP contribution in [0.1, 0.15) is 5.56 Å². The molecule has 82 valence electrons. The third-order valence-electron chi connectivity index (χ3n) is 1.97. The minimum Gasteiger partial charge on any atom is -0.616 e. The van der Waals surface area contributed by atoms with E-state index in [4.69, 9.17) is 5.26 Å². The van der Waals surface area contributed by atoms with Crippen molar-refractivity contribution in [1.29, 1.82) is 5.26 Å². The third-order valence-corrected chi connectivity index (χ3v) is 1.97. The van der Waals surface area contributed by atoms with E-state index in [1.807, 2.05) is 36.1 Å². The van der Waals surface area contributed by atoms with E-state index in [0.717, 1.165) is 5.56 Å². The van der Waals surface area contributed by atoms with Crippen molar-refractivity contribution in [3.63, 3.8) is 0 Å². The number of pyridine rings is 1. The summed E-state index contributed by atoms with van der Waals surface area (Å²) in [7, 11) is 3.16. The second-order valence-electron chi connectivity index (χ2n) is 3.15. The normalized spacial score (nSPS) is 12.1. The van der Waals surface area contributed by atoms with Crippen molar-refractivity contribution in [2.24, 2.45) is 7.05 Å². The Morgan fingerprint density at radius 1 is 1.50 bits per heavy atom. The van der Waals surface area contributed by atoms with Gasteiger partial charge in [-0.1, -0.05) is 6.08 Å². The van der Waals surface area contributed by atoms with Gasteiger partial charge in [-0.2, -0.15) is 5.26 Å². The highest BCUT2D eigenvalue weighted by Crippen LogP contribution is 2.05. The molecule has 4 nitrogen and oxygen atoms in total. The maximum absolute atomic E-state index is 11.1. The summed E-state index contributed by atoms with van der Waals surface area (Å²) in [6, 6.07) is 5.54. The number of rotatable bonds is 3. The van der Waals surface area contributed by atoms with Crippen molar-refractivity contribution in [1.82, 2.24) is 0 Å². The van der Waals surface area contributed by atoms with Crippen LogP contribution in [0.25, 0.3) is 6.08 Å². The predicted molar refractivity (Wildman–Crippen MR) is 56.3 cm³/mol. The molecule has 0 fully saturated rings. The highest BCUT2D eigenvalue weighted by atomic mass is 16.6. The molecule has 4 heteroatoms. The summed E-state index contributed by atoms with van der Waals surface area (Å²) in [6.45, 7) is 0. The number of hydrogen-bond donors (Lipinski definition) is 0. The Labute approximate surface area is 94.3 Å². The number of ether oxygens (including phenoxy) is 1. The van der Waals surface area contributed by atoms with Crippen molar-refractivity contribution in [2.45, 2.75) is 0 Å². The lowest BCUT2D eigenvalue weighted by Gasteiger charge is -2.08. The summed E-state index contributed by atoms with van der Waals surface area (Å²) in [5, 5.41) is 19.8. The number of nitriles is 1. The fraction of sp³-hybridized carbons (Fsp3) is 0.167. The molecule has 0 saturated carbocycles. The molecular weight excluding hydrogens is 204 g/mol. The Hall–Kier alpha value is -2.28. The van der Waals surface area contributed by atoms with E-state index in [9.17, 15) is 5.11 Å². The van der Waals surface area contributed by atoms with Crippen molar-refractivity contribution >= 4 is 6.08 Å². The molecule has 0 atom stereocenters. The third kappa shape index (κ3) is 3.14. The molecule has 1 rings (SSSR count). The minimum atomic E-state index is -0.625. The Kier molecular flexibility index (Phi) is 4.10. The van der Waals surface area contributed by atoms with Crippen LogP contribution < -0.4 is 9.67 Å². The first-order chi connectivity index (χ1) is 7.67. The lowest BCUT2D eigenvalue weighted by Crippen LogP contribution is -2.25. The average Bonchev–Trinajstić information content (AvgIpc) is 2.31. The zero-order valence-corrected chi connectivity index (χ0v) is 9.18. The van der Waals surface area contributed by atoms with Crippen molar-refractivity contribution < 1.29 is 14.4 Å². The van der Waals surface area contributed by atoms with Gasteiger partial charge in [0, 0.05) is 12.1 Å². The van der Waals surface area contributed by atoms with E-state index in [1.165, 1.54) is 13.2 Å². The van der Waals surface area contributed by atoms with Crippen LogP contribution in [0.2, 0.25) is 0 Å². The first kappa shape index (κ1) is 11.8. The van der Waals surface area contributed by atoms with E-state index < -0.39 is 5.95 Å². The molecule has 0 saturated heterocycles. The van der Waals surface area contributed by atoms with Gasteiger partial charge < -0.3 is 9.84 Å². The molecule has 0 aliphatic rings. The summed E-state index contributed by atoms with van der Waals surface area (Å²) in [4.78, 5) is 0. The van der Waals surface area contributed by atoms with Gasteiger partial charge >= 0.3 is 0 Å². The summed E-state index contributed by atoms with van der Waals surface area (Å²) in [5.74, 6) is -0.625. The molecule has 0 aliphatic heterocycles. The Morgan fingerprint density at radius 3 is 2.62 bits per heavy atom. The largest absolute Gasteiger partial charge is 0.616 e. The molecule has 0 N–H and O–H groups in total. The van der Waals surface area contributed by atoms with E-state index >= 15 is 0 Å². The SMILES string of the molecule is CO/C([O-])=C(\C#N)C=Cc1cc[n+](C)cc1. The van der Waals surface area contributed by atoms with Crippen LogP contribution in [0.15, 0.2) is 42.1 Å². The maximum Gasteiger partial charge on any atom is 0.169 e. The van der Waals surface area contributed by atoms with Crippen LogP contribution in [0.5, 0.6) is 0 Å². The van der Waals surface area contributed by atoms with Gasteiger partial charge in [0.1, 0.15) is 13.1 Å². The zero-order chi connectivity index (χ0) is 12.0. The molecule has 0 aliphatic carbocycles. The van der Waals surface area contributed by atoms with Crippen LogP contribution >= 0.6 is 0 Å². The van der Waals surface area contributed by atoms with Gasteiger partial charge in [0.05, 0.1) is 11.5 Å². The fourth-order valence-electron chi connectivity index (χ4n) is 1.06. The quantitative estimate of drug-likeness (QED) is 0.315. The Bertz CT molecular complexity index is 453. The van der Waals surface area contributed by atoms with Gasteiger partial charge in [0.25, 0.3) is 0 Å². The standard InChI is InChI=1S/C12H12N2O2/c1-14-7-5-10(6-8-14)3-4-11(9-13)12(15)16-2/h3-8H,1-2H3.